The number of rotatable bonds is 4. The summed E-state index contributed by atoms with van der Waals surface area (Å²) in [4.78, 5) is 1.11. The van der Waals surface area contributed by atoms with E-state index in [-0.39, 0.29) is 12.0 Å². The van der Waals surface area contributed by atoms with Crippen LogP contribution in [-0.2, 0) is 0 Å². The summed E-state index contributed by atoms with van der Waals surface area (Å²) in [5, 5.41) is 14.2. The third-order valence-electron chi connectivity index (χ3n) is 4.47. The van der Waals surface area contributed by atoms with Crippen LogP contribution in [0.1, 0.15) is 24.3 Å². The predicted molar refractivity (Wildman–Crippen MR) is 84.7 cm³/mol. The second-order valence-electron chi connectivity index (χ2n) is 5.64. The first-order chi connectivity index (χ1) is 10.1. The Morgan fingerprint density at radius 3 is 2.67 bits per heavy atom. The Morgan fingerprint density at radius 2 is 2.05 bits per heavy atom. The van der Waals surface area contributed by atoms with Gasteiger partial charge < -0.3 is 19.9 Å². The van der Waals surface area contributed by atoms with Crippen molar-refractivity contribution in [1.82, 2.24) is 5.32 Å². The first kappa shape index (κ1) is 15.1. The average Bonchev–Trinajstić information content (AvgIpc) is 3.14. The standard InChI is InChI=1S/C15H20BNO3S/c1-19-11-6-9-10(8-21-13(9)7-12(11)20-2)15(16,18)14-4-3-5-17-14/h6-7,10,14,17-18H,3-5,8H2,1-2H3. The summed E-state index contributed by atoms with van der Waals surface area (Å²) in [5.74, 6) is 2.06. The number of hydrogen-bond acceptors (Lipinski definition) is 5. The lowest BCUT2D eigenvalue weighted by Gasteiger charge is -2.37. The molecule has 1 saturated heterocycles. The van der Waals surface area contributed by atoms with E-state index in [0.29, 0.717) is 11.5 Å². The van der Waals surface area contributed by atoms with E-state index >= 15 is 0 Å². The van der Waals surface area contributed by atoms with Crippen LogP contribution in [0.4, 0.5) is 0 Å². The summed E-state index contributed by atoms with van der Waals surface area (Å²) in [7, 11) is 9.56. The molecular formula is C15H20BNO3S. The minimum absolute atomic E-state index is 0.0536. The largest absolute Gasteiger partial charge is 0.493 e. The number of thioether (sulfide) groups is 1. The van der Waals surface area contributed by atoms with Crippen molar-refractivity contribution in [3.05, 3.63) is 17.7 Å². The van der Waals surface area contributed by atoms with Gasteiger partial charge >= 0.3 is 0 Å². The molecule has 0 bridgehead atoms. The van der Waals surface area contributed by atoms with Gasteiger partial charge in [-0.1, -0.05) is 0 Å². The molecule has 1 aromatic rings. The molecule has 2 heterocycles. The van der Waals surface area contributed by atoms with Gasteiger partial charge in [-0.15, -0.1) is 11.8 Å². The maximum Gasteiger partial charge on any atom is 0.161 e. The van der Waals surface area contributed by atoms with Gasteiger partial charge in [-0.2, -0.15) is 0 Å². The van der Waals surface area contributed by atoms with E-state index in [1.807, 2.05) is 12.1 Å². The summed E-state index contributed by atoms with van der Waals surface area (Å²) in [6, 6.07) is 3.87. The van der Waals surface area contributed by atoms with Gasteiger partial charge in [-0.25, -0.2) is 0 Å². The number of aliphatic hydroxyl groups is 1. The molecule has 3 rings (SSSR count). The van der Waals surface area contributed by atoms with Crippen LogP contribution in [-0.4, -0.2) is 51.0 Å². The summed E-state index contributed by atoms with van der Waals surface area (Å²) < 4.78 is 10.7. The number of ether oxygens (including phenoxy) is 2. The minimum Gasteiger partial charge on any atom is -0.493 e. The van der Waals surface area contributed by atoms with Crippen molar-refractivity contribution in [2.24, 2.45) is 0 Å². The predicted octanol–water partition coefficient (Wildman–Crippen LogP) is 1.50. The zero-order valence-corrected chi connectivity index (χ0v) is 13.2. The molecule has 0 aliphatic carbocycles. The van der Waals surface area contributed by atoms with Crippen molar-refractivity contribution in [1.29, 1.82) is 0 Å². The van der Waals surface area contributed by atoms with Crippen LogP contribution in [0, 0.1) is 0 Å². The lowest BCUT2D eigenvalue weighted by Crippen LogP contribution is -2.52. The topological polar surface area (TPSA) is 50.7 Å². The number of nitrogens with one attached hydrogen (secondary N) is 1. The first-order valence-electron chi connectivity index (χ1n) is 7.21. The van der Waals surface area contributed by atoms with Gasteiger partial charge in [0.05, 0.1) is 14.2 Å². The molecule has 4 nitrogen and oxygen atoms in total. The zero-order chi connectivity index (χ0) is 15.0. The zero-order valence-electron chi connectivity index (χ0n) is 12.4. The molecule has 6 heteroatoms. The highest BCUT2D eigenvalue weighted by Gasteiger charge is 2.44. The fourth-order valence-corrected chi connectivity index (χ4v) is 4.59. The lowest BCUT2D eigenvalue weighted by molar-refractivity contribution is 0.0690. The van der Waals surface area contributed by atoms with Crippen LogP contribution in [0.25, 0.3) is 0 Å². The van der Waals surface area contributed by atoms with Crippen LogP contribution in [0.15, 0.2) is 17.0 Å². The van der Waals surface area contributed by atoms with E-state index in [9.17, 15) is 5.11 Å². The molecule has 3 atom stereocenters. The Labute approximate surface area is 131 Å². The molecule has 0 amide bonds. The summed E-state index contributed by atoms with van der Waals surface area (Å²) in [5.41, 5.74) is -0.190. The van der Waals surface area contributed by atoms with Crippen molar-refractivity contribution in [3.8, 4) is 11.5 Å². The maximum absolute atomic E-state index is 10.9. The van der Waals surface area contributed by atoms with Crippen LogP contribution < -0.4 is 14.8 Å². The maximum atomic E-state index is 10.9. The Hall–Kier alpha value is -0.845. The van der Waals surface area contributed by atoms with Gasteiger partial charge in [-0.05, 0) is 37.1 Å². The van der Waals surface area contributed by atoms with E-state index in [4.69, 9.17) is 17.3 Å². The molecule has 2 N–H and O–H groups in total. The average molecular weight is 305 g/mol. The number of benzene rings is 1. The van der Waals surface area contributed by atoms with Crippen molar-refractivity contribution in [3.63, 3.8) is 0 Å². The van der Waals surface area contributed by atoms with Crippen molar-refractivity contribution in [2.45, 2.75) is 35.2 Å². The number of methoxy groups -OCH3 is 2. The van der Waals surface area contributed by atoms with Crippen molar-refractivity contribution in [2.75, 3.05) is 26.5 Å². The van der Waals surface area contributed by atoms with Crippen LogP contribution in [0.5, 0.6) is 11.5 Å². The third-order valence-corrected chi connectivity index (χ3v) is 5.64. The highest BCUT2D eigenvalue weighted by atomic mass is 32.2. The van der Waals surface area contributed by atoms with Crippen LogP contribution in [0.2, 0.25) is 0 Å². The van der Waals surface area contributed by atoms with Crippen molar-refractivity contribution >= 4 is 19.6 Å². The molecule has 2 aliphatic heterocycles. The summed E-state index contributed by atoms with van der Waals surface area (Å²) in [6.45, 7) is 0.919. The normalized spacial score (nSPS) is 27.2. The molecule has 112 valence electrons. The molecule has 3 unspecified atom stereocenters. The molecule has 0 aromatic heterocycles. The molecule has 0 saturated carbocycles. The van der Waals surface area contributed by atoms with Gasteiger partial charge in [-0.3, -0.25) is 0 Å². The molecule has 2 radical (unpaired) electrons. The quantitative estimate of drug-likeness (QED) is 0.826. The molecule has 1 fully saturated rings. The number of fused-ring (bicyclic) bond motifs is 1. The van der Waals surface area contributed by atoms with Crippen LogP contribution in [0.3, 0.4) is 0 Å². The summed E-state index contributed by atoms with van der Waals surface area (Å²) in [6.07, 6.45) is 1.97. The van der Waals surface area contributed by atoms with Crippen LogP contribution >= 0.6 is 11.8 Å². The van der Waals surface area contributed by atoms with Gasteiger partial charge in [0.15, 0.2) is 11.5 Å². The highest BCUT2D eigenvalue weighted by molar-refractivity contribution is 7.99. The molecule has 0 spiro atoms. The summed E-state index contributed by atoms with van der Waals surface area (Å²) >= 11 is 1.71. The minimum atomic E-state index is -1.24. The van der Waals surface area contributed by atoms with E-state index in [1.54, 1.807) is 26.0 Å². The highest BCUT2D eigenvalue weighted by Crippen LogP contribution is 2.49. The van der Waals surface area contributed by atoms with Gasteiger partial charge in [0.25, 0.3) is 0 Å². The molecule has 2 aliphatic rings. The Kier molecular flexibility index (Phi) is 4.12. The lowest BCUT2D eigenvalue weighted by atomic mass is 9.64. The first-order valence-corrected chi connectivity index (χ1v) is 8.19. The third kappa shape index (κ3) is 2.54. The Bertz CT molecular complexity index is 532. The fourth-order valence-electron chi connectivity index (χ4n) is 3.24. The SMILES string of the molecule is [B]C(O)(C1CCCN1)C1CSc2cc(OC)c(OC)cc21. The monoisotopic (exact) mass is 305 g/mol. The van der Waals surface area contributed by atoms with E-state index in [1.165, 1.54) is 0 Å². The molecular weight excluding hydrogens is 285 g/mol. The van der Waals surface area contributed by atoms with E-state index < -0.39 is 5.50 Å². The molecule has 21 heavy (non-hydrogen) atoms. The Balaban J connectivity index is 1.95. The van der Waals surface area contributed by atoms with E-state index in [0.717, 1.165) is 35.6 Å². The number of hydrogen-bond donors (Lipinski definition) is 2. The second-order valence-corrected chi connectivity index (χ2v) is 6.71. The van der Waals surface area contributed by atoms with E-state index in [2.05, 4.69) is 5.32 Å². The Morgan fingerprint density at radius 1 is 1.33 bits per heavy atom. The fraction of sp³-hybridized carbons (Fsp3) is 0.600. The second kappa shape index (κ2) is 5.74. The molecule has 1 aromatic carbocycles. The smallest absolute Gasteiger partial charge is 0.161 e. The van der Waals surface area contributed by atoms with Crippen molar-refractivity contribution < 1.29 is 14.6 Å². The van der Waals surface area contributed by atoms with Gasteiger partial charge in [0, 0.05) is 28.1 Å². The van der Waals surface area contributed by atoms with Gasteiger partial charge in [0.1, 0.15) is 7.85 Å². The van der Waals surface area contributed by atoms with Gasteiger partial charge in [0.2, 0.25) is 0 Å².